The third-order valence-electron chi connectivity index (χ3n) is 7.01. The summed E-state index contributed by atoms with van der Waals surface area (Å²) in [4.78, 5) is 12.5. The molecule has 0 spiro atoms. The average molecular weight is 506 g/mol. The van der Waals surface area contributed by atoms with E-state index in [-0.39, 0.29) is 36.7 Å². The van der Waals surface area contributed by atoms with Crippen LogP contribution in [0.4, 0.5) is 4.79 Å². The zero-order valence-corrected chi connectivity index (χ0v) is 21.7. The van der Waals surface area contributed by atoms with E-state index in [1.807, 2.05) is 51.1 Å². The quantitative estimate of drug-likeness (QED) is 0.544. The second-order valence-corrected chi connectivity index (χ2v) is 11.7. The standard InChI is InChI=1S/C25H35N3O6S/c1-25(2,3)28(24(29)30)17-19(13-20(28)15-26)27(16-18-9-7-6-8-10-18)35(31,32)23-14-21(33-4)11-12-22(23)34-5/h6-12,14,19-20H,13,15-17,26H2,1-5H3/t19-,20-,28?/m1/s1. The van der Waals surface area contributed by atoms with Crippen LogP contribution in [-0.2, 0) is 16.6 Å². The Bertz CT molecular complexity index is 1150. The van der Waals surface area contributed by atoms with E-state index in [0.717, 1.165) is 5.56 Å². The number of hydrogen-bond acceptors (Lipinski definition) is 7. The summed E-state index contributed by atoms with van der Waals surface area (Å²) in [7, 11) is -1.29. The third kappa shape index (κ3) is 4.88. The van der Waals surface area contributed by atoms with Crippen molar-refractivity contribution in [3.05, 3.63) is 54.1 Å². The van der Waals surface area contributed by atoms with Crippen molar-refractivity contribution >= 4 is 16.1 Å². The maximum atomic E-state index is 14.2. The summed E-state index contributed by atoms with van der Waals surface area (Å²) < 4.78 is 40.0. The van der Waals surface area contributed by atoms with Gasteiger partial charge in [0.15, 0.2) is 0 Å². The number of nitrogens with zero attached hydrogens (tertiary/aromatic N) is 2. The fourth-order valence-corrected chi connectivity index (χ4v) is 6.93. The minimum absolute atomic E-state index is 0.0338. The van der Waals surface area contributed by atoms with Crippen molar-refractivity contribution in [3.8, 4) is 11.5 Å². The fraction of sp³-hybridized carbons (Fsp3) is 0.480. The lowest BCUT2D eigenvalue weighted by Crippen LogP contribution is -2.71. The van der Waals surface area contributed by atoms with Gasteiger partial charge in [-0.25, -0.2) is 8.42 Å². The number of carboxylic acid groups (broad SMARTS) is 1. The van der Waals surface area contributed by atoms with Crippen LogP contribution in [0, 0.1) is 0 Å². The zero-order valence-electron chi connectivity index (χ0n) is 20.9. The normalized spacial score (nSPS) is 22.8. The van der Waals surface area contributed by atoms with Crippen LogP contribution >= 0.6 is 0 Å². The van der Waals surface area contributed by atoms with Crippen LogP contribution in [0.3, 0.4) is 0 Å². The number of ether oxygens (including phenoxy) is 2. The molecule has 3 atom stereocenters. The summed E-state index contributed by atoms with van der Waals surface area (Å²) in [5.41, 5.74) is 6.07. The lowest BCUT2D eigenvalue weighted by molar-refractivity contribution is -0.929. The Kier molecular flexibility index (Phi) is 7.80. The number of sulfonamides is 1. The Hall–Kier alpha value is -2.66. The molecule has 35 heavy (non-hydrogen) atoms. The lowest BCUT2D eigenvalue weighted by atomic mass is 10.00. The van der Waals surface area contributed by atoms with Crippen molar-refractivity contribution in [1.82, 2.24) is 4.31 Å². The van der Waals surface area contributed by atoms with Gasteiger partial charge < -0.3 is 25.1 Å². The van der Waals surface area contributed by atoms with Gasteiger partial charge in [0, 0.05) is 25.6 Å². The average Bonchev–Trinajstić information content (AvgIpc) is 3.23. The van der Waals surface area contributed by atoms with Gasteiger partial charge in [0.1, 0.15) is 29.0 Å². The molecular weight excluding hydrogens is 470 g/mol. The molecule has 0 saturated carbocycles. The highest BCUT2D eigenvalue weighted by Gasteiger charge is 2.57. The van der Waals surface area contributed by atoms with Crippen LogP contribution < -0.4 is 20.3 Å². The van der Waals surface area contributed by atoms with Crippen LogP contribution in [0.1, 0.15) is 32.8 Å². The predicted octanol–water partition coefficient (Wildman–Crippen LogP) is 1.95. The highest BCUT2D eigenvalue weighted by Crippen LogP contribution is 2.41. The second kappa shape index (κ2) is 10.1. The molecule has 1 aliphatic rings. The zero-order chi connectivity index (χ0) is 26.0. The van der Waals surface area contributed by atoms with E-state index in [2.05, 4.69) is 0 Å². The number of hydrogen-bond donors (Lipinski definition) is 1. The minimum Gasteiger partial charge on any atom is -0.498 e. The summed E-state index contributed by atoms with van der Waals surface area (Å²) in [6.07, 6.45) is -0.980. The molecule has 1 aliphatic heterocycles. The minimum atomic E-state index is -4.15. The Labute approximate surface area is 207 Å². The van der Waals surface area contributed by atoms with Gasteiger partial charge in [-0.3, -0.25) is 4.48 Å². The number of rotatable bonds is 8. The van der Waals surface area contributed by atoms with Gasteiger partial charge in [-0.05, 0) is 38.5 Å². The summed E-state index contributed by atoms with van der Waals surface area (Å²) in [5.74, 6) is 0.540. The lowest BCUT2D eigenvalue weighted by Gasteiger charge is -2.49. The maximum absolute atomic E-state index is 14.2. The molecule has 9 nitrogen and oxygen atoms in total. The third-order valence-corrected chi connectivity index (χ3v) is 8.93. The highest BCUT2D eigenvalue weighted by atomic mass is 32.2. The van der Waals surface area contributed by atoms with E-state index in [0.29, 0.717) is 5.75 Å². The SMILES string of the molecule is COc1ccc(OC)c(S(=O)(=O)N(Cc2ccccc2)[C@@H]2C[C@H](CN)[N+](C(=O)[O-])(C(C)(C)C)C2)c1. The molecule has 1 fully saturated rings. The Morgan fingerprint density at radius 2 is 1.80 bits per heavy atom. The number of carbonyl (C=O) groups is 1. The first kappa shape index (κ1) is 26.9. The van der Waals surface area contributed by atoms with Crippen LogP contribution in [-0.4, -0.2) is 68.2 Å². The highest BCUT2D eigenvalue weighted by molar-refractivity contribution is 7.89. The van der Waals surface area contributed by atoms with Gasteiger partial charge in [-0.1, -0.05) is 30.3 Å². The molecule has 1 heterocycles. The van der Waals surface area contributed by atoms with E-state index in [1.54, 1.807) is 12.1 Å². The topological polar surface area (TPSA) is 122 Å². The summed E-state index contributed by atoms with van der Waals surface area (Å²) in [6, 6.07) is 12.6. The molecule has 2 aromatic rings. The Morgan fingerprint density at radius 1 is 1.14 bits per heavy atom. The number of nitrogens with two attached hydrogens (primary N) is 1. The van der Waals surface area contributed by atoms with E-state index < -0.39 is 38.2 Å². The molecule has 10 heteroatoms. The first-order chi connectivity index (χ1) is 16.4. The van der Waals surface area contributed by atoms with E-state index >= 15 is 0 Å². The first-order valence-electron chi connectivity index (χ1n) is 11.5. The van der Waals surface area contributed by atoms with E-state index in [9.17, 15) is 18.3 Å². The number of quaternary nitrogens is 1. The van der Waals surface area contributed by atoms with Crippen LogP contribution in [0.5, 0.6) is 11.5 Å². The van der Waals surface area contributed by atoms with Gasteiger partial charge in [0.25, 0.3) is 6.09 Å². The summed E-state index contributed by atoms with van der Waals surface area (Å²) >= 11 is 0. The largest absolute Gasteiger partial charge is 0.498 e. The number of methoxy groups -OCH3 is 2. The monoisotopic (exact) mass is 505 g/mol. The van der Waals surface area contributed by atoms with E-state index in [1.165, 1.54) is 24.6 Å². The molecule has 2 N–H and O–H groups in total. The summed E-state index contributed by atoms with van der Waals surface area (Å²) in [6.45, 7) is 5.62. The number of likely N-dealkylation sites (tertiary alicyclic amines) is 1. The molecule has 0 aliphatic carbocycles. The smallest absolute Gasteiger partial charge is 0.258 e. The maximum Gasteiger partial charge on any atom is 0.258 e. The molecule has 3 rings (SSSR count). The van der Waals surface area contributed by atoms with E-state index in [4.69, 9.17) is 15.2 Å². The molecule has 1 saturated heterocycles. The van der Waals surface area contributed by atoms with Gasteiger partial charge in [0.2, 0.25) is 10.0 Å². The van der Waals surface area contributed by atoms with Crippen LogP contribution in [0.2, 0.25) is 0 Å². The van der Waals surface area contributed by atoms with Crippen molar-refractivity contribution in [1.29, 1.82) is 0 Å². The van der Waals surface area contributed by atoms with Gasteiger partial charge in [-0.2, -0.15) is 4.31 Å². The molecule has 0 bridgehead atoms. The number of amides is 1. The Balaban J connectivity index is 2.17. The van der Waals surface area contributed by atoms with Crippen LogP contribution in [0.15, 0.2) is 53.4 Å². The molecule has 2 aromatic carbocycles. The van der Waals surface area contributed by atoms with Crippen molar-refractivity contribution < 1.29 is 32.3 Å². The van der Waals surface area contributed by atoms with Gasteiger partial charge in [-0.15, -0.1) is 0 Å². The molecule has 192 valence electrons. The summed E-state index contributed by atoms with van der Waals surface area (Å²) in [5, 5.41) is 12.6. The first-order valence-corrected chi connectivity index (χ1v) is 12.9. The van der Waals surface area contributed by atoms with Gasteiger partial charge >= 0.3 is 0 Å². The number of benzene rings is 2. The molecule has 0 radical (unpaired) electrons. The Morgan fingerprint density at radius 3 is 2.29 bits per heavy atom. The van der Waals surface area contributed by atoms with Crippen molar-refractivity contribution in [2.75, 3.05) is 27.3 Å². The molecule has 1 unspecified atom stereocenters. The molecule has 0 aromatic heterocycles. The van der Waals surface area contributed by atoms with Crippen molar-refractivity contribution in [2.45, 2.75) is 56.3 Å². The van der Waals surface area contributed by atoms with Gasteiger partial charge in [0.05, 0.1) is 25.8 Å². The number of carbonyl (C=O) groups excluding carboxylic acids is 1. The second-order valence-electron chi connectivity index (χ2n) is 9.82. The molecular formula is C25H35N3O6S. The predicted molar refractivity (Wildman–Crippen MR) is 130 cm³/mol. The molecule has 1 amide bonds. The van der Waals surface area contributed by atoms with Crippen LogP contribution in [0.25, 0.3) is 0 Å². The fourth-order valence-electron chi connectivity index (χ4n) is 5.14. The van der Waals surface area contributed by atoms with Crippen molar-refractivity contribution in [2.24, 2.45) is 5.73 Å². The van der Waals surface area contributed by atoms with Crippen molar-refractivity contribution in [3.63, 3.8) is 0 Å².